The molecule has 1 aromatic carbocycles. The van der Waals surface area contributed by atoms with Crippen LogP contribution in [-0.4, -0.2) is 10.2 Å². The van der Waals surface area contributed by atoms with Crippen molar-refractivity contribution in [2.75, 3.05) is 0 Å². The first kappa shape index (κ1) is 14.0. The Morgan fingerprint density at radius 2 is 1.86 bits per heavy atom. The van der Waals surface area contributed by atoms with E-state index in [1.54, 1.807) is 0 Å². The number of hydrogen-bond acceptors (Lipinski definition) is 3. The van der Waals surface area contributed by atoms with E-state index >= 15 is 0 Å². The van der Waals surface area contributed by atoms with Crippen molar-refractivity contribution in [3.63, 3.8) is 0 Å². The number of aryl methyl sites for hydroxylation is 2. The molecule has 4 heteroatoms. The second-order valence-electron chi connectivity index (χ2n) is 5.25. The molecule has 2 heterocycles. The topological polar surface area (TPSA) is 40.7 Å². The van der Waals surface area contributed by atoms with Crippen LogP contribution in [-0.2, 0) is 13.1 Å². The SMILES string of the molecule is Cc1ccc(-c2[nH]ncc2CNCc2ccc(C)s2)cc1. The first-order chi connectivity index (χ1) is 10.2. The van der Waals surface area contributed by atoms with Crippen molar-refractivity contribution in [1.29, 1.82) is 0 Å². The van der Waals surface area contributed by atoms with Crippen molar-refractivity contribution in [3.05, 3.63) is 63.5 Å². The van der Waals surface area contributed by atoms with Gasteiger partial charge in [-0.1, -0.05) is 29.8 Å². The van der Waals surface area contributed by atoms with Crippen molar-refractivity contribution in [1.82, 2.24) is 15.5 Å². The van der Waals surface area contributed by atoms with E-state index in [4.69, 9.17) is 0 Å². The molecule has 0 saturated carbocycles. The Balaban J connectivity index is 1.66. The van der Waals surface area contributed by atoms with E-state index in [0.717, 1.165) is 18.8 Å². The number of aromatic amines is 1. The van der Waals surface area contributed by atoms with Crippen molar-refractivity contribution in [2.24, 2.45) is 0 Å². The van der Waals surface area contributed by atoms with Crippen LogP contribution in [0.15, 0.2) is 42.6 Å². The van der Waals surface area contributed by atoms with Crippen LogP contribution in [0, 0.1) is 13.8 Å². The Hall–Kier alpha value is -1.91. The third kappa shape index (κ3) is 3.40. The van der Waals surface area contributed by atoms with Crippen LogP contribution in [0.4, 0.5) is 0 Å². The number of rotatable bonds is 5. The molecule has 0 saturated heterocycles. The van der Waals surface area contributed by atoms with Crippen molar-refractivity contribution < 1.29 is 0 Å². The summed E-state index contributed by atoms with van der Waals surface area (Å²) in [6.07, 6.45) is 1.90. The first-order valence-corrected chi connectivity index (χ1v) is 7.89. The lowest BCUT2D eigenvalue weighted by atomic mass is 10.1. The predicted molar refractivity (Wildman–Crippen MR) is 88.4 cm³/mol. The minimum atomic E-state index is 0.816. The largest absolute Gasteiger partial charge is 0.308 e. The van der Waals surface area contributed by atoms with Crippen LogP contribution in [0.25, 0.3) is 11.3 Å². The van der Waals surface area contributed by atoms with Gasteiger partial charge in [0, 0.05) is 28.4 Å². The molecule has 0 radical (unpaired) electrons. The summed E-state index contributed by atoms with van der Waals surface area (Å²) in [5, 5.41) is 10.8. The zero-order valence-electron chi connectivity index (χ0n) is 12.3. The van der Waals surface area contributed by atoms with Gasteiger partial charge in [-0.3, -0.25) is 5.10 Å². The first-order valence-electron chi connectivity index (χ1n) is 7.07. The van der Waals surface area contributed by atoms with Gasteiger partial charge in [0.05, 0.1) is 11.9 Å². The summed E-state index contributed by atoms with van der Waals surface area (Å²) < 4.78 is 0. The molecule has 0 aliphatic rings. The van der Waals surface area contributed by atoms with E-state index in [2.05, 4.69) is 65.8 Å². The van der Waals surface area contributed by atoms with E-state index < -0.39 is 0 Å². The average molecular weight is 297 g/mol. The van der Waals surface area contributed by atoms with Gasteiger partial charge in [0.2, 0.25) is 0 Å². The molecule has 0 atom stereocenters. The minimum absolute atomic E-state index is 0.816. The molecule has 0 bridgehead atoms. The van der Waals surface area contributed by atoms with Crippen molar-refractivity contribution >= 4 is 11.3 Å². The quantitative estimate of drug-likeness (QED) is 0.746. The summed E-state index contributed by atoms with van der Waals surface area (Å²) >= 11 is 1.84. The second-order valence-corrected chi connectivity index (χ2v) is 6.62. The highest BCUT2D eigenvalue weighted by Crippen LogP contribution is 2.21. The maximum absolute atomic E-state index is 4.19. The third-order valence-corrected chi connectivity index (χ3v) is 4.47. The molecule has 0 aliphatic heterocycles. The maximum atomic E-state index is 4.19. The fourth-order valence-electron chi connectivity index (χ4n) is 2.32. The van der Waals surface area contributed by atoms with Crippen LogP contribution in [0.5, 0.6) is 0 Å². The molecule has 0 amide bonds. The molecular weight excluding hydrogens is 278 g/mol. The standard InChI is InChI=1S/C17H19N3S/c1-12-3-6-14(7-4-12)17-15(10-19-20-17)9-18-11-16-8-5-13(2)21-16/h3-8,10,18H,9,11H2,1-2H3,(H,19,20). The van der Waals surface area contributed by atoms with E-state index in [0.29, 0.717) is 0 Å². The van der Waals surface area contributed by atoms with Crippen LogP contribution >= 0.6 is 11.3 Å². The van der Waals surface area contributed by atoms with Crippen LogP contribution in [0.1, 0.15) is 20.9 Å². The molecule has 3 nitrogen and oxygen atoms in total. The summed E-state index contributed by atoms with van der Waals surface area (Å²) in [7, 11) is 0. The summed E-state index contributed by atoms with van der Waals surface area (Å²) in [5.41, 5.74) is 4.75. The number of H-pyrrole nitrogens is 1. The van der Waals surface area contributed by atoms with Gasteiger partial charge in [-0.15, -0.1) is 11.3 Å². The number of hydrogen-bond donors (Lipinski definition) is 2. The molecular formula is C17H19N3S. The molecule has 0 unspecified atom stereocenters. The van der Waals surface area contributed by atoms with Gasteiger partial charge in [0.1, 0.15) is 0 Å². The van der Waals surface area contributed by atoms with E-state index in [1.807, 2.05) is 17.5 Å². The van der Waals surface area contributed by atoms with Gasteiger partial charge in [-0.25, -0.2) is 0 Å². The van der Waals surface area contributed by atoms with Crippen molar-refractivity contribution in [3.8, 4) is 11.3 Å². The third-order valence-electron chi connectivity index (χ3n) is 3.47. The average Bonchev–Trinajstić information content (AvgIpc) is 3.09. The number of nitrogens with zero attached hydrogens (tertiary/aromatic N) is 1. The fourth-order valence-corrected chi connectivity index (χ4v) is 3.18. The number of benzene rings is 1. The number of thiophene rings is 1. The summed E-state index contributed by atoms with van der Waals surface area (Å²) in [6.45, 7) is 5.95. The van der Waals surface area contributed by atoms with E-state index in [1.165, 1.54) is 26.4 Å². The van der Waals surface area contributed by atoms with Gasteiger partial charge in [-0.05, 0) is 31.5 Å². The lowest BCUT2D eigenvalue weighted by molar-refractivity contribution is 0.702. The summed E-state index contributed by atoms with van der Waals surface area (Å²) in [4.78, 5) is 2.73. The Kier molecular flexibility index (Phi) is 4.18. The molecule has 0 aliphatic carbocycles. The molecule has 108 valence electrons. The fraction of sp³-hybridized carbons (Fsp3) is 0.235. The van der Waals surface area contributed by atoms with Crippen LogP contribution < -0.4 is 5.32 Å². The Morgan fingerprint density at radius 3 is 2.57 bits per heavy atom. The molecule has 0 spiro atoms. The minimum Gasteiger partial charge on any atom is -0.308 e. The molecule has 2 aromatic heterocycles. The summed E-state index contributed by atoms with van der Waals surface area (Å²) in [5.74, 6) is 0. The molecule has 0 fully saturated rings. The molecule has 3 rings (SSSR count). The van der Waals surface area contributed by atoms with Crippen molar-refractivity contribution in [2.45, 2.75) is 26.9 Å². The Morgan fingerprint density at radius 1 is 1.05 bits per heavy atom. The zero-order chi connectivity index (χ0) is 14.7. The van der Waals surface area contributed by atoms with E-state index in [-0.39, 0.29) is 0 Å². The highest BCUT2D eigenvalue weighted by atomic mass is 32.1. The van der Waals surface area contributed by atoms with Gasteiger partial charge in [0.25, 0.3) is 0 Å². The molecule has 21 heavy (non-hydrogen) atoms. The maximum Gasteiger partial charge on any atom is 0.0695 e. The zero-order valence-corrected chi connectivity index (χ0v) is 13.1. The van der Waals surface area contributed by atoms with E-state index in [9.17, 15) is 0 Å². The van der Waals surface area contributed by atoms with Crippen LogP contribution in [0.3, 0.4) is 0 Å². The highest BCUT2D eigenvalue weighted by molar-refractivity contribution is 7.11. The normalized spacial score (nSPS) is 11.0. The Bertz CT molecular complexity index is 710. The van der Waals surface area contributed by atoms with Crippen LogP contribution in [0.2, 0.25) is 0 Å². The van der Waals surface area contributed by atoms with Gasteiger partial charge in [-0.2, -0.15) is 5.10 Å². The predicted octanol–water partition coefficient (Wildman–Crippen LogP) is 4.04. The smallest absolute Gasteiger partial charge is 0.0695 e. The monoisotopic (exact) mass is 297 g/mol. The second kappa shape index (κ2) is 6.24. The highest BCUT2D eigenvalue weighted by Gasteiger charge is 2.07. The lowest BCUT2D eigenvalue weighted by Gasteiger charge is -2.05. The van der Waals surface area contributed by atoms with Gasteiger partial charge < -0.3 is 5.32 Å². The Labute approximate surface area is 129 Å². The summed E-state index contributed by atoms with van der Waals surface area (Å²) in [6, 6.07) is 12.9. The molecule has 2 N–H and O–H groups in total. The van der Waals surface area contributed by atoms with Gasteiger partial charge in [0.15, 0.2) is 0 Å². The van der Waals surface area contributed by atoms with Gasteiger partial charge >= 0.3 is 0 Å². The number of nitrogens with one attached hydrogen (secondary N) is 2. The lowest BCUT2D eigenvalue weighted by Crippen LogP contribution is -2.11. The molecule has 3 aromatic rings. The number of aromatic nitrogens is 2.